The van der Waals surface area contributed by atoms with Crippen LogP contribution in [0.2, 0.25) is 0 Å². The van der Waals surface area contributed by atoms with Crippen LogP contribution in [0.4, 0.5) is 0 Å². The van der Waals surface area contributed by atoms with Crippen LogP contribution in [0.5, 0.6) is 0 Å². The molecule has 33 heavy (non-hydrogen) atoms. The molecule has 0 bridgehead atoms. The maximum absolute atomic E-state index is 12.7. The first-order chi connectivity index (χ1) is 15.5. The molecule has 0 radical (unpaired) electrons. The zero-order chi connectivity index (χ0) is 24.0. The minimum Gasteiger partial charge on any atom is -0.462 e. The predicted molar refractivity (Wildman–Crippen MR) is 126 cm³/mol. The Hall–Kier alpha value is -1.66. The summed E-state index contributed by atoms with van der Waals surface area (Å²) >= 11 is 0. The highest BCUT2D eigenvalue weighted by Gasteiger charge is 2.57. The lowest BCUT2D eigenvalue weighted by atomic mass is 9.48. The van der Waals surface area contributed by atoms with Crippen LogP contribution >= 0.6 is 0 Å². The molecule has 0 aromatic heterocycles. The summed E-state index contributed by atoms with van der Waals surface area (Å²) in [5.41, 5.74) is 1.93. The van der Waals surface area contributed by atoms with Gasteiger partial charge in [-0.25, -0.2) is 0 Å². The van der Waals surface area contributed by atoms with Gasteiger partial charge in [-0.3, -0.25) is 9.59 Å². The molecule has 4 aliphatic carbocycles. The van der Waals surface area contributed by atoms with E-state index < -0.39 is 5.54 Å². The number of nitrogens with one attached hydrogen (secondary N) is 1. The van der Waals surface area contributed by atoms with Crippen molar-refractivity contribution in [1.82, 2.24) is 5.32 Å². The highest BCUT2D eigenvalue weighted by molar-refractivity contribution is 5.89. The van der Waals surface area contributed by atoms with Gasteiger partial charge in [-0.2, -0.15) is 0 Å². The van der Waals surface area contributed by atoms with E-state index in [9.17, 15) is 19.8 Å². The van der Waals surface area contributed by atoms with Crippen LogP contribution in [-0.2, 0) is 14.3 Å². The Kier molecular flexibility index (Phi) is 6.56. The molecular weight excluding hydrogens is 418 g/mol. The van der Waals surface area contributed by atoms with Gasteiger partial charge in [0.05, 0.1) is 18.8 Å². The number of aliphatic hydroxyl groups excluding tert-OH is 2. The fourth-order valence-corrected chi connectivity index (χ4v) is 7.67. The second kappa shape index (κ2) is 8.84. The zero-order valence-electron chi connectivity index (χ0n) is 20.7. The molecule has 6 heteroatoms. The van der Waals surface area contributed by atoms with E-state index in [-0.39, 0.29) is 42.0 Å². The molecule has 0 aliphatic heterocycles. The summed E-state index contributed by atoms with van der Waals surface area (Å²) in [7, 11) is 0. The van der Waals surface area contributed by atoms with E-state index in [1.165, 1.54) is 18.1 Å². The van der Waals surface area contributed by atoms with Crippen molar-refractivity contribution in [2.24, 2.45) is 28.6 Å². The van der Waals surface area contributed by atoms with Gasteiger partial charge >= 0.3 is 5.97 Å². The Labute approximate surface area is 197 Å². The minimum atomic E-state index is -1.01. The van der Waals surface area contributed by atoms with Gasteiger partial charge in [0, 0.05) is 19.4 Å². The second-order valence-electron chi connectivity index (χ2n) is 11.8. The number of allylic oxidation sites excluding steroid dienone is 2. The maximum atomic E-state index is 12.7. The fraction of sp³-hybridized carbons (Fsp3) is 0.778. The SMILES string of the molecule is CC(=O)O[C@H]1CC[C@@]2(C)C(=CC[C@@H]3[C@@H]2CC[C@]2(C)/C(=C/C(=O)NC(C)(CO)CO)CC[C@@H]32)C1. The molecule has 6 atom stereocenters. The molecule has 1 amide bonds. The lowest BCUT2D eigenvalue weighted by Gasteiger charge is -2.57. The summed E-state index contributed by atoms with van der Waals surface area (Å²) < 4.78 is 5.55. The van der Waals surface area contributed by atoms with Crippen molar-refractivity contribution in [1.29, 1.82) is 0 Å². The van der Waals surface area contributed by atoms with Gasteiger partial charge in [-0.15, -0.1) is 0 Å². The summed E-state index contributed by atoms with van der Waals surface area (Å²) in [6.45, 7) is 7.33. The number of hydrogen-bond acceptors (Lipinski definition) is 5. The van der Waals surface area contributed by atoms with Gasteiger partial charge in [0.1, 0.15) is 6.10 Å². The summed E-state index contributed by atoms with van der Waals surface area (Å²) in [4.78, 5) is 24.2. The topological polar surface area (TPSA) is 95.9 Å². The van der Waals surface area contributed by atoms with Crippen molar-refractivity contribution >= 4 is 11.9 Å². The van der Waals surface area contributed by atoms with Crippen LogP contribution in [0.15, 0.2) is 23.3 Å². The quantitative estimate of drug-likeness (QED) is 0.331. The van der Waals surface area contributed by atoms with Crippen LogP contribution < -0.4 is 5.32 Å². The molecule has 0 unspecified atom stereocenters. The van der Waals surface area contributed by atoms with Gasteiger partial charge in [0.25, 0.3) is 0 Å². The van der Waals surface area contributed by atoms with Crippen LogP contribution in [-0.4, -0.2) is 46.9 Å². The molecule has 0 aromatic rings. The van der Waals surface area contributed by atoms with E-state index in [2.05, 4.69) is 25.2 Å². The van der Waals surface area contributed by atoms with Crippen molar-refractivity contribution in [3.05, 3.63) is 23.3 Å². The second-order valence-corrected chi connectivity index (χ2v) is 11.8. The standard InChI is InChI=1S/C27H41NO5/c1-17(31)33-20-9-11-26(3)18(13-20)5-7-21-22-8-6-19(27(22,4)12-10-23(21)26)14-24(32)28-25(2,15-29)16-30/h5,14,20-23,29-30H,6-13,15-16H2,1-4H3,(H,28,32)/b19-14+/t20-,21-,22-,23-,26-,27+/m0/s1. The maximum Gasteiger partial charge on any atom is 0.302 e. The van der Waals surface area contributed by atoms with Crippen LogP contribution in [0.1, 0.15) is 79.1 Å². The number of esters is 1. The van der Waals surface area contributed by atoms with Gasteiger partial charge < -0.3 is 20.3 Å². The molecule has 3 N–H and O–H groups in total. The van der Waals surface area contributed by atoms with Crippen molar-refractivity contribution in [2.45, 2.75) is 90.7 Å². The average Bonchev–Trinajstić information content (AvgIpc) is 3.09. The van der Waals surface area contributed by atoms with E-state index >= 15 is 0 Å². The fourth-order valence-electron chi connectivity index (χ4n) is 7.67. The van der Waals surface area contributed by atoms with Gasteiger partial charge in [0.15, 0.2) is 0 Å². The molecule has 3 fully saturated rings. The molecule has 4 rings (SSSR count). The first-order valence-corrected chi connectivity index (χ1v) is 12.7. The largest absolute Gasteiger partial charge is 0.462 e. The average molecular weight is 460 g/mol. The van der Waals surface area contributed by atoms with Gasteiger partial charge in [-0.05, 0) is 80.5 Å². The Balaban J connectivity index is 1.52. The van der Waals surface area contributed by atoms with E-state index in [0.29, 0.717) is 17.8 Å². The summed E-state index contributed by atoms with van der Waals surface area (Å²) in [6.07, 6.45) is 12.5. The van der Waals surface area contributed by atoms with Crippen LogP contribution in [0.25, 0.3) is 0 Å². The molecule has 0 aromatic carbocycles. The lowest BCUT2D eigenvalue weighted by Crippen LogP contribution is -2.51. The van der Waals surface area contributed by atoms with Crippen molar-refractivity contribution in [3.63, 3.8) is 0 Å². The van der Waals surface area contributed by atoms with E-state index in [4.69, 9.17) is 4.74 Å². The molecule has 0 heterocycles. The molecule has 0 saturated heterocycles. The number of rotatable bonds is 5. The molecule has 4 aliphatic rings. The van der Waals surface area contributed by atoms with E-state index in [0.717, 1.165) is 51.4 Å². The number of ether oxygens (including phenoxy) is 1. The number of carbonyl (C=O) groups is 2. The highest BCUT2D eigenvalue weighted by atomic mass is 16.5. The molecule has 0 spiro atoms. The van der Waals surface area contributed by atoms with Crippen LogP contribution in [0, 0.1) is 28.6 Å². The Morgan fingerprint density at radius 1 is 1.15 bits per heavy atom. The zero-order valence-corrected chi connectivity index (χ0v) is 20.7. The third-order valence-corrected chi connectivity index (χ3v) is 9.67. The molecule has 6 nitrogen and oxygen atoms in total. The summed E-state index contributed by atoms with van der Waals surface area (Å²) in [5.74, 6) is 1.43. The number of carbonyl (C=O) groups excluding carboxylic acids is 2. The first kappa shape index (κ1) is 24.5. The number of fused-ring (bicyclic) bond motifs is 5. The van der Waals surface area contributed by atoms with Crippen molar-refractivity contribution in [2.75, 3.05) is 13.2 Å². The summed E-state index contributed by atoms with van der Waals surface area (Å²) in [5, 5.41) is 21.8. The van der Waals surface area contributed by atoms with E-state index in [1.54, 1.807) is 13.0 Å². The molecule has 3 saturated carbocycles. The molecule has 184 valence electrons. The number of hydrogen-bond donors (Lipinski definition) is 3. The van der Waals surface area contributed by atoms with Gasteiger partial charge in [0.2, 0.25) is 5.91 Å². The van der Waals surface area contributed by atoms with E-state index in [1.807, 2.05) is 0 Å². The monoisotopic (exact) mass is 459 g/mol. The van der Waals surface area contributed by atoms with Crippen LogP contribution in [0.3, 0.4) is 0 Å². The summed E-state index contributed by atoms with van der Waals surface area (Å²) in [6, 6.07) is 0. The lowest BCUT2D eigenvalue weighted by molar-refractivity contribution is -0.148. The Morgan fingerprint density at radius 3 is 2.48 bits per heavy atom. The Morgan fingerprint density at radius 2 is 1.82 bits per heavy atom. The molecular formula is C27H41NO5. The van der Waals surface area contributed by atoms with Crippen molar-refractivity contribution < 1.29 is 24.5 Å². The smallest absolute Gasteiger partial charge is 0.302 e. The third kappa shape index (κ3) is 4.29. The highest BCUT2D eigenvalue weighted by Crippen LogP contribution is 2.66. The first-order valence-electron chi connectivity index (χ1n) is 12.7. The normalized spacial score (nSPS) is 39.2. The van der Waals surface area contributed by atoms with Crippen molar-refractivity contribution in [3.8, 4) is 0 Å². The van der Waals surface area contributed by atoms with Gasteiger partial charge in [-0.1, -0.05) is 31.1 Å². The Bertz CT molecular complexity index is 859. The number of amides is 1. The minimum absolute atomic E-state index is 0.0234. The predicted octanol–water partition coefficient (Wildman–Crippen LogP) is 3.67. The number of aliphatic hydroxyl groups is 2. The third-order valence-electron chi connectivity index (χ3n) is 9.67.